The number of Topliss-reactive ketones (excluding diaryl/α,β-unsaturated/α-hetero) is 1. The summed E-state index contributed by atoms with van der Waals surface area (Å²) < 4.78 is 20.9. The van der Waals surface area contributed by atoms with Crippen LogP contribution in [0, 0.1) is 29.0 Å². The lowest BCUT2D eigenvalue weighted by atomic mass is 9.87. The zero-order chi connectivity index (χ0) is 29.1. The van der Waals surface area contributed by atoms with E-state index < -0.39 is 23.7 Å². The zero-order valence-electron chi connectivity index (χ0n) is 24.3. The van der Waals surface area contributed by atoms with Gasteiger partial charge in [0.1, 0.15) is 11.4 Å². The highest BCUT2D eigenvalue weighted by atomic mass is 19.1. The summed E-state index contributed by atoms with van der Waals surface area (Å²) in [5, 5.41) is 9.88. The number of piperidine rings is 1. The van der Waals surface area contributed by atoms with Gasteiger partial charge >= 0.3 is 6.09 Å². The number of carbonyl (C=O) groups excluding carboxylic acids is 2. The first-order valence-electron chi connectivity index (χ1n) is 14.8. The van der Waals surface area contributed by atoms with Crippen molar-refractivity contribution in [3.05, 3.63) is 77.1 Å². The van der Waals surface area contributed by atoms with Crippen LogP contribution >= 0.6 is 0 Å². The van der Waals surface area contributed by atoms with Gasteiger partial charge in [-0.25, -0.2) is 9.18 Å². The molecule has 2 heterocycles. The van der Waals surface area contributed by atoms with Crippen molar-refractivity contribution in [1.29, 1.82) is 5.26 Å². The van der Waals surface area contributed by atoms with Crippen molar-refractivity contribution in [1.82, 2.24) is 9.80 Å². The van der Waals surface area contributed by atoms with E-state index in [1.807, 2.05) is 32.9 Å². The molecule has 1 amide bonds. The fraction of sp³-hybridized carbons (Fsp3) is 0.500. The Morgan fingerprint density at radius 2 is 1.93 bits per heavy atom. The number of fused-ring (bicyclic) bond motifs is 2. The summed E-state index contributed by atoms with van der Waals surface area (Å²) in [5.41, 5.74) is 3.06. The van der Waals surface area contributed by atoms with Gasteiger partial charge in [0.15, 0.2) is 5.78 Å². The van der Waals surface area contributed by atoms with Gasteiger partial charge < -0.3 is 4.74 Å². The zero-order valence-corrected chi connectivity index (χ0v) is 24.3. The number of benzene rings is 2. The standard InChI is InChI=1S/C34H40FN3O3/c1-34(2,3)41-33(40)38-29-12-11-28(19-29)32(38)31(39)18-24(21-36)17-27-10-9-26(20-30(27)35)25-13-15-37(16-14-25)22-23-7-5-4-6-8-23/h4-10,13,20,24,28-29,32H,11-12,14-19,22H2,1-3H3/t24-,28+,29-,32+/m1/s1. The van der Waals surface area contributed by atoms with E-state index in [0.717, 1.165) is 56.5 Å². The topological polar surface area (TPSA) is 73.6 Å². The van der Waals surface area contributed by atoms with Gasteiger partial charge in [-0.3, -0.25) is 14.6 Å². The maximum absolute atomic E-state index is 15.3. The summed E-state index contributed by atoms with van der Waals surface area (Å²) in [6.07, 6.45) is 5.27. The van der Waals surface area contributed by atoms with Gasteiger partial charge in [0.05, 0.1) is 18.0 Å². The highest BCUT2D eigenvalue weighted by Gasteiger charge is 2.52. The minimum absolute atomic E-state index is 0.00667. The maximum atomic E-state index is 15.3. The summed E-state index contributed by atoms with van der Waals surface area (Å²) in [6.45, 7) is 8.05. The molecule has 3 aliphatic rings. The molecule has 5 rings (SSSR count). The number of nitriles is 1. The minimum Gasteiger partial charge on any atom is -0.444 e. The fourth-order valence-electron chi connectivity index (χ4n) is 6.64. The molecule has 41 heavy (non-hydrogen) atoms. The molecule has 0 unspecified atom stereocenters. The Hall–Kier alpha value is -3.50. The lowest BCUT2D eigenvalue weighted by Gasteiger charge is -2.35. The van der Waals surface area contributed by atoms with Crippen LogP contribution in [0.15, 0.2) is 54.6 Å². The van der Waals surface area contributed by atoms with Gasteiger partial charge in [0.2, 0.25) is 0 Å². The fourth-order valence-corrected chi connectivity index (χ4v) is 6.64. The largest absolute Gasteiger partial charge is 0.444 e. The average Bonchev–Trinajstić information content (AvgIpc) is 3.56. The van der Waals surface area contributed by atoms with Crippen LogP contribution in [0.5, 0.6) is 0 Å². The summed E-state index contributed by atoms with van der Waals surface area (Å²) in [6, 6.07) is 17.3. The minimum atomic E-state index is -0.664. The number of hydrogen-bond acceptors (Lipinski definition) is 5. The van der Waals surface area contributed by atoms with Crippen LogP contribution < -0.4 is 0 Å². The highest BCUT2D eigenvalue weighted by Crippen LogP contribution is 2.44. The van der Waals surface area contributed by atoms with Gasteiger partial charge in [-0.15, -0.1) is 0 Å². The molecule has 2 fully saturated rings. The Morgan fingerprint density at radius 3 is 2.59 bits per heavy atom. The van der Waals surface area contributed by atoms with E-state index in [1.165, 1.54) is 5.56 Å². The molecule has 6 nitrogen and oxygen atoms in total. The molecule has 0 radical (unpaired) electrons. The van der Waals surface area contributed by atoms with E-state index in [9.17, 15) is 14.9 Å². The van der Waals surface area contributed by atoms with Crippen LogP contribution in [0.4, 0.5) is 9.18 Å². The summed E-state index contributed by atoms with van der Waals surface area (Å²) in [5.74, 6) is -1.04. The van der Waals surface area contributed by atoms with Gasteiger partial charge in [-0.1, -0.05) is 48.5 Å². The molecule has 2 aliphatic heterocycles. The quantitative estimate of drug-likeness (QED) is 0.368. The summed E-state index contributed by atoms with van der Waals surface area (Å²) >= 11 is 0. The number of ketones is 1. The molecule has 2 aromatic carbocycles. The van der Waals surface area contributed by atoms with E-state index >= 15 is 4.39 Å². The lowest BCUT2D eigenvalue weighted by Crippen LogP contribution is -2.51. The summed E-state index contributed by atoms with van der Waals surface area (Å²) in [4.78, 5) is 30.4. The third-order valence-electron chi connectivity index (χ3n) is 8.58. The molecule has 7 heteroatoms. The number of ether oxygens (including phenoxy) is 1. The molecule has 4 atom stereocenters. The van der Waals surface area contributed by atoms with Crippen LogP contribution in [0.1, 0.15) is 69.6 Å². The number of rotatable bonds is 8. The number of hydrogen-bond donors (Lipinski definition) is 0. The number of nitrogens with zero attached hydrogens (tertiary/aromatic N) is 3. The Bertz CT molecular complexity index is 1340. The van der Waals surface area contributed by atoms with E-state index in [0.29, 0.717) is 5.56 Å². The molecule has 216 valence electrons. The second-order valence-corrected chi connectivity index (χ2v) is 12.8. The monoisotopic (exact) mass is 557 g/mol. The smallest absolute Gasteiger partial charge is 0.411 e. The first-order chi connectivity index (χ1) is 19.6. The number of carbonyl (C=O) groups is 2. The van der Waals surface area contributed by atoms with Crippen LogP contribution in [0.25, 0.3) is 5.57 Å². The highest BCUT2D eigenvalue weighted by molar-refractivity contribution is 5.89. The Kier molecular flexibility index (Phi) is 8.60. The molecule has 2 aromatic rings. The Morgan fingerprint density at radius 1 is 1.15 bits per heavy atom. The van der Waals surface area contributed by atoms with Crippen LogP contribution in [-0.4, -0.2) is 52.5 Å². The molecule has 1 saturated carbocycles. The van der Waals surface area contributed by atoms with E-state index in [1.54, 1.807) is 17.0 Å². The molecular weight excluding hydrogens is 517 g/mol. The normalized spacial score (nSPS) is 23.1. The van der Waals surface area contributed by atoms with Gasteiger partial charge in [0, 0.05) is 32.1 Å². The van der Waals surface area contributed by atoms with E-state index in [-0.39, 0.29) is 36.4 Å². The molecule has 2 bridgehead atoms. The van der Waals surface area contributed by atoms with E-state index in [4.69, 9.17) is 4.74 Å². The van der Waals surface area contributed by atoms with Crippen molar-refractivity contribution in [2.24, 2.45) is 11.8 Å². The first kappa shape index (κ1) is 29.0. The molecule has 0 N–H and O–H groups in total. The maximum Gasteiger partial charge on any atom is 0.411 e. The van der Waals surface area contributed by atoms with Crippen molar-refractivity contribution < 1.29 is 18.7 Å². The molecule has 1 saturated heterocycles. The van der Waals surface area contributed by atoms with Gasteiger partial charge in [0.25, 0.3) is 0 Å². The molecule has 0 aromatic heterocycles. The second kappa shape index (κ2) is 12.2. The molecule has 1 aliphatic carbocycles. The van der Waals surface area contributed by atoms with Crippen LogP contribution in [0.2, 0.25) is 0 Å². The van der Waals surface area contributed by atoms with Gasteiger partial charge in [-0.2, -0.15) is 5.26 Å². The number of halogens is 1. The summed E-state index contributed by atoms with van der Waals surface area (Å²) in [7, 11) is 0. The van der Waals surface area contributed by atoms with Gasteiger partial charge in [-0.05, 0) is 87.1 Å². The third-order valence-corrected chi connectivity index (χ3v) is 8.58. The van der Waals surface area contributed by atoms with Crippen molar-refractivity contribution in [3.8, 4) is 6.07 Å². The predicted molar refractivity (Wildman–Crippen MR) is 156 cm³/mol. The second-order valence-electron chi connectivity index (χ2n) is 12.8. The van der Waals surface area contributed by atoms with Crippen molar-refractivity contribution in [2.45, 2.75) is 83.5 Å². The number of amides is 1. The predicted octanol–water partition coefficient (Wildman–Crippen LogP) is 6.54. The van der Waals surface area contributed by atoms with Crippen molar-refractivity contribution >= 4 is 17.4 Å². The lowest BCUT2D eigenvalue weighted by molar-refractivity contribution is -0.126. The Labute approximate surface area is 242 Å². The SMILES string of the molecule is CC(C)(C)OC(=O)N1[C@@H]2CC[C@@H](C2)[C@H]1C(=O)C[C@H](C#N)Cc1ccc(C2=CCN(Cc3ccccc3)CC2)cc1F. The molecule has 0 spiro atoms. The van der Waals surface area contributed by atoms with E-state index in [2.05, 4.69) is 41.3 Å². The van der Waals surface area contributed by atoms with Crippen LogP contribution in [0.3, 0.4) is 0 Å². The van der Waals surface area contributed by atoms with Crippen molar-refractivity contribution in [3.63, 3.8) is 0 Å². The average molecular weight is 558 g/mol. The third kappa shape index (κ3) is 6.87. The number of likely N-dealkylation sites (tertiary alicyclic amines) is 1. The first-order valence-corrected chi connectivity index (χ1v) is 14.8. The Balaban J connectivity index is 1.20. The van der Waals surface area contributed by atoms with Crippen molar-refractivity contribution in [2.75, 3.05) is 13.1 Å². The molecular formula is C34H40FN3O3. The van der Waals surface area contributed by atoms with Crippen LogP contribution in [-0.2, 0) is 22.5 Å².